The highest BCUT2D eigenvalue weighted by atomic mass is 15.3. The van der Waals surface area contributed by atoms with Gasteiger partial charge in [-0.05, 0) is 114 Å². The number of pyridine rings is 2. The maximum absolute atomic E-state index is 5.35. The summed E-state index contributed by atoms with van der Waals surface area (Å²) in [5.74, 6) is 1.92. The predicted molar refractivity (Wildman–Crippen MR) is 272 cm³/mol. The summed E-state index contributed by atoms with van der Waals surface area (Å²) < 4.78 is 2.43. The summed E-state index contributed by atoms with van der Waals surface area (Å²) in [6.07, 6.45) is 7.95. The second-order valence-electron chi connectivity index (χ2n) is 19.6. The summed E-state index contributed by atoms with van der Waals surface area (Å²) >= 11 is 0. The van der Waals surface area contributed by atoms with Crippen molar-refractivity contribution in [1.82, 2.24) is 14.5 Å². The maximum Gasteiger partial charge on any atom is 0.136 e. The van der Waals surface area contributed by atoms with Gasteiger partial charge in [-0.1, -0.05) is 115 Å². The molecule has 0 fully saturated rings. The Bertz CT molecular complexity index is 3380. The summed E-state index contributed by atoms with van der Waals surface area (Å²) in [7, 11) is 0. The lowest BCUT2D eigenvalue weighted by molar-refractivity contribution is 0.338. The van der Waals surface area contributed by atoms with Gasteiger partial charge in [0.1, 0.15) is 11.7 Å². The third kappa shape index (κ3) is 6.23. The zero-order valence-electron chi connectivity index (χ0n) is 38.4. The Morgan fingerprint density at radius 2 is 0.862 bits per heavy atom. The Balaban J connectivity index is 1.09. The SMILES string of the molecule is CC1(C)N=C(c2ccccc2)N(c2cncc(-c3ccc4c5c6ccccc6c(-c6cncc(N7C(c8ccccc8)=NC(C)(C)C7(C)C)c6)cc5n(-c5ccccc5)c4c3)c2)C1(C)C. The molecule has 0 amide bonds. The number of aromatic nitrogens is 3. The van der Waals surface area contributed by atoms with Crippen molar-refractivity contribution < 1.29 is 0 Å². The maximum atomic E-state index is 5.35. The Hall–Kier alpha value is -7.38. The highest BCUT2D eigenvalue weighted by Crippen LogP contribution is 2.47. The minimum absolute atomic E-state index is 0.311. The Morgan fingerprint density at radius 1 is 0.369 bits per heavy atom. The van der Waals surface area contributed by atoms with E-state index in [-0.39, 0.29) is 22.2 Å². The predicted octanol–water partition coefficient (Wildman–Crippen LogP) is 13.7. The van der Waals surface area contributed by atoms with Crippen molar-refractivity contribution in [2.75, 3.05) is 9.80 Å². The minimum Gasteiger partial charge on any atom is -0.317 e. The fraction of sp³-hybridized carbons (Fsp3) is 0.207. The number of aliphatic imine (C=N–C) groups is 2. The summed E-state index contributed by atoms with van der Waals surface area (Å²) in [4.78, 5) is 25.3. The smallest absolute Gasteiger partial charge is 0.136 e. The summed E-state index contributed by atoms with van der Waals surface area (Å²) in [6.45, 7) is 18.0. The fourth-order valence-electron chi connectivity index (χ4n) is 9.99. The number of rotatable bonds is 7. The lowest BCUT2D eigenvalue weighted by Crippen LogP contribution is -2.53. The van der Waals surface area contributed by atoms with Gasteiger partial charge in [0.05, 0.1) is 57.0 Å². The third-order valence-corrected chi connectivity index (χ3v) is 14.8. The number of hydrogen-bond donors (Lipinski definition) is 0. The minimum atomic E-state index is -0.340. The highest BCUT2D eigenvalue weighted by Gasteiger charge is 2.51. The van der Waals surface area contributed by atoms with E-state index in [2.05, 4.69) is 221 Å². The number of nitrogens with zero attached hydrogens (tertiary/aromatic N) is 7. The molecule has 5 heterocycles. The van der Waals surface area contributed by atoms with E-state index >= 15 is 0 Å². The Kier molecular flexibility index (Phi) is 9.06. The first-order chi connectivity index (χ1) is 31.2. The average molecular weight is 848 g/mol. The molecule has 0 unspecified atom stereocenters. The number of benzene rings is 6. The summed E-state index contributed by atoms with van der Waals surface area (Å²) in [6, 6.07) is 54.4. The molecule has 320 valence electrons. The molecule has 3 aromatic heterocycles. The molecule has 0 aliphatic carbocycles. The van der Waals surface area contributed by atoms with E-state index in [1.165, 1.54) is 21.5 Å². The van der Waals surface area contributed by atoms with Crippen molar-refractivity contribution in [2.45, 2.75) is 77.5 Å². The Morgan fingerprint density at radius 3 is 1.43 bits per heavy atom. The standard InChI is InChI=1S/C58H53N7/c1-55(2)57(5,6)64(53(61-55)38-20-12-9-13-21-38)44-30-41(34-59-36-44)40-28-29-48-50(32-40)63(43-24-16-11-17-25-43)51-33-49(46-26-18-19-27-47(46)52(48)51)42-31-45(37-60-35-42)65-54(39-22-14-10-15-23-39)62-56(3,4)58(65,7)8/h9-37H,1-8H3. The van der Waals surface area contributed by atoms with Crippen LogP contribution in [0.2, 0.25) is 0 Å². The van der Waals surface area contributed by atoms with Gasteiger partial charge >= 0.3 is 0 Å². The average Bonchev–Trinajstić information content (AvgIpc) is 3.83. The number of para-hydroxylation sites is 1. The van der Waals surface area contributed by atoms with Crippen LogP contribution in [0.3, 0.4) is 0 Å². The largest absolute Gasteiger partial charge is 0.317 e. The molecule has 0 N–H and O–H groups in total. The van der Waals surface area contributed by atoms with Crippen LogP contribution < -0.4 is 9.80 Å². The van der Waals surface area contributed by atoms with Crippen LogP contribution in [0, 0.1) is 0 Å². The zero-order valence-corrected chi connectivity index (χ0v) is 38.4. The van der Waals surface area contributed by atoms with Crippen molar-refractivity contribution in [1.29, 1.82) is 0 Å². The van der Waals surface area contributed by atoms with Crippen molar-refractivity contribution >= 4 is 55.6 Å². The van der Waals surface area contributed by atoms with Crippen LogP contribution in [-0.2, 0) is 0 Å². The summed E-state index contributed by atoms with van der Waals surface area (Å²) in [5.41, 5.74) is 10.6. The van der Waals surface area contributed by atoms with E-state index in [0.29, 0.717) is 0 Å². The topological polar surface area (TPSA) is 61.9 Å². The Labute approximate surface area is 381 Å². The van der Waals surface area contributed by atoms with Gasteiger partial charge in [0, 0.05) is 51.1 Å². The van der Waals surface area contributed by atoms with E-state index in [1.807, 2.05) is 24.8 Å². The van der Waals surface area contributed by atoms with Crippen molar-refractivity contribution in [3.8, 4) is 27.9 Å². The summed E-state index contributed by atoms with van der Waals surface area (Å²) in [5, 5.41) is 4.78. The van der Waals surface area contributed by atoms with E-state index in [0.717, 1.165) is 73.1 Å². The van der Waals surface area contributed by atoms with E-state index in [1.54, 1.807) is 0 Å². The molecule has 0 atom stereocenters. The first kappa shape index (κ1) is 40.4. The van der Waals surface area contributed by atoms with E-state index < -0.39 is 0 Å². The number of anilines is 2. The highest BCUT2D eigenvalue weighted by molar-refractivity contribution is 6.25. The van der Waals surface area contributed by atoms with Gasteiger partial charge in [-0.25, -0.2) is 0 Å². The first-order valence-corrected chi connectivity index (χ1v) is 22.6. The molecule has 7 nitrogen and oxygen atoms in total. The molecule has 65 heavy (non-hydrogen) atoms. The van der Waals surface area contributed by atoms with Crippen molar-refractivity contribution in [3.63, 3.8) is 0 Å². The van der Waals surface area contributed by atoms with Gasteiger partial charge in [0.15, 0.2) is 0 Å². The van der Waals surface area contributed by atoms with Gasteiger partial charge < -0.3 is 14.4 Å². The molecular weight excluding hydrogens is 795 g/mol. The normalized spacial score (nSPS) is 17.2. The van der Waals surface area contributed by atoms with Gasteiger partial charge in [-0.2, -0.15) is 0 Å². The number of amidine groups is 2. The van der Waals surface area contributed by atoms with Crippen molar-refractivity contribution in [3.05, 3.63) is 188 Å². The van der Waals surface area contributed by atoms with Crippen LogP contribution >= 0.6 is 0 Å². The zero-order chi connectivity index (χ0) is 44.9. The molecule has 0 radical (unpaired) electrons. The van der Waals surface area contributed by atoms with Gasteiger partial charge in [0.2, 0.25) is 0 Å². The van der Waals surface area contributed by atoms with Gasteiger partial charge in [-0.15, -0.1) is 0 Å². The molecular formula is C58H53N7. The van der Waals surface area contributed by atoms with Crippen LogP contribution in [-0.4, -0.2) is 48.4 Å². The molecule has 0 spiro atoms. The van der Waals surface area contributed by atoms with Crippen LogP contribution in [0.4, 0.5) is 11.4 Å². The monoisotopic (exact) mass is 847 g/mol. The molecule has 2 aliphatic rings. The van der Waals surface area contributed by atoms with Crippen molar-refractivity contribution in [2.24, 2.45) is 9.98 Å². The number of fused-ring (bicyclic) bond motifs is 5. The lowest BCUT2D eigenvalue weighted by Gasteiger charge is -2.41. The van der Waals surface area contributed by atoms with Gasteiger partial charge in [0.25, 0.3) is 0 Å². The molecule has 9 aromatic rings. The quantitative estimate of drug-likeness (QED) is 0.160. The molecule has 0 saturated carbocycles. The fourth-order valence-corrected chi connectivity index (χ4v) is 9.99. The third-order valence-electron chi connectivity index (χ3n) is 14.8. The van der Waals surface area contributed by atoms with Crippen LogP contribution in [0.5, 0.6) is 0 Å². The second-order valence-corrected chi connectivity index (χ2v) is 19.6. The molecule has 2 aliphatic heterocycles. The molecule has 6 aromatic carbocycles. The number of hydrogen-bond acceptors (Lipinski definition) is 6. The second kappa shape index (κ2) is 14.6. The lowest BCUT2D eigenvalue weighted by atomic mass is 9.83. The van der Waals surface area contributed by atoms with E-state index in [4.69, 9.17) is 20.0 Å². The van der Waals surface area contributed by atoms with Gasteiger partial charge in [-0.3, -0.25) is 20.0 Å². The molecule has 7 heteroatoms. The molecule has 0 saturated heterocycles. The molecule has 11 rings (SSSR count). The van der Waals surface area contributed by atoms with Crippen LogP contribution in [0.1, 0.15) is 66.5 Å². The van der Waals surface area contributed by atoms with E-state index in [9.17, 15) is 0 Å². The van der Waals surface area contributed by atoms with Crippen LogP contribution in [0.15, 0.2) is 186 Å². The van der Waals surface area contributed by atoms with Crippen LogP contribution in [0.25, 0.3) is 60.5 Å². The first-order valence-electron chi connectivity index (χ1n) is 22.6. The molecule has 0 bridgehead atoms.